The normalized spacial score (nSPS) is 28.8. The third-order valence-electron chi connectivity index (χ3n) is 3.72. The van der Waals surface area contributed by atoms with E-state index in [9.17, 15) is 0 Å². The van der Waals surface area contributed by atoms with Gasteiger partial charge in [-0.3, -0.25) is 0 Å². The van der Waals surface area contributed by atoms with Gasteiger partial charge in [-0.15, -0.1) is 0 Å². The van der Waals surface area contributed by atoms with Crippen molar-refractivity contribution >= 4 is 5.95 Å². The standard InChI is InChI=1S/C12H20N4O2/c13-8-9-4-5-10(17-9)11-14-12(15-18-11)16-6-2-1-3-7-16/h9-10H,1-8,13H2. The predicted molar refractivity (Wildman–Crippen MR) is 66.3 cm³/mol. The highest BCUT2D eigenvalue weighted by molar-refractivity contribution is 5.28. The van der Waals surface area contributed by atoms with Crippen molar-refractivity contribution in [1.29, 1.82) is 0 Å². The van der Waals surface area contributed by atoms with Gasteiger partial charge in [-0.2, -0.15) is 4.98 Å². The number of aromatic nitrogens is 2. The molecule has 2 N–H and O–H groups in total. The minimum Gasteiger partial charge on any atom is -0.364 e. The van der Waals surface area contributed by atoms with Gasteiger partial charge >= 0.3 is 0 Å². The molecule has 6 nitrogen and oxygen atoms in total. The number of rotatable bonds is 3. The summed E-state index contributed by atoms with van der Waals surface area (Å²) < 4.78 is 11.1. The molecule has 2 aliphatic rings. The van der Waals surface area contributed by atoms with Crippen molar-refractivity contribution in [3.63, 3.8) is 0 Å². The van der Waals surface area contributed by atoms with Crippen LogP contribution in [0.4, 0.5) is 5.95 Å². The Hall–Kier alpha value is -1.14. The molecule has 0 radical (unpaired) electrons. The molecule has 0 bridgehead atoms. The highest BCUT2D eigenvalue weighted by Crippen LogP contribution is 2.32. The van der Waals surface area contributed by atoms with E-state index in [1.807, 2.05) is 0 Å². The lowest BCUT2D eigenvalue weighted by Crippen LogP contribution is -2.30. The van der Waals surface area contributed by atoms with Crippen LogP contribution in [0, 0.1) is 0 Å². The molecule has 0 spiro atoms. The van der Waals surface area contributed by atoms with Gasteiger partial charge in [0.2, 0.25) is 0 Å². The van der Waals surface area contributed by atoms with Crippen LogP contribution in [-0.4, -0.2) is 35.9 Å². The summed E-state index contributed by atoms with van der Waals surface area (Å²) in [5, 5.41) is 4.06. The van der Waals surface area contributed by atoms with Crippen molar-refractivity contribution in [3.05, 3.63) is 5.89 Å². The zero-order chi connectivity index (χ0) is 12.4. The number of nitrogens with zero attached hydrogens (tertiary/aromatic N) is 3. The van der Waals surface area contributed by atoms with E-state index in [4.69, 9.17) is 15.0 Å². The highest BCUT2D eigenvalue weighted by Gasteiger charge is 2.30. The number of hydrogen-bond donors (Lipinski definition) is 1. The Bertz CT molecular complexity index is 389. The van der Waals surface area contributed by atoms with Gasteiger partial charge in [-0.1, -0.05) is 0 Å². The topological polar surface area (TPSA) is 77.4 Å². The molecule has 2 aliphatic heterocycles. The number of piperidine rings is 1. The van der Waals surface area contributed by atoms with Crippen LogP contribution in [-0.2, 0) is 4.74 Å². The molecule has 1 aromatic heterocycles. The molecule has 3 heterocycles. The van der Waals surface area contributed by atoms with Crippen LogP contribution in [0.15, 0.2) is 4.52 Å². The van der Waals surface area contributed by atoms with Gasteiger partial charge in [0.1, 0.15) is 6.10 Å². The van der Waals surface area contributed by atoms with E-state index in [2.05, 4.69) is 15.0 Å². The minimum absolute atomic E-state index is 0.0652. The van der Waals surface area contributed by atoms with Crippen molar-refractivity contribution in [2.45, 2.75) is 44.3 Å². The predicted octanol–water partition coefficient (Wildman–Crippen LogP) is 1.24. The van der Waals surface area contributed by atoms with E-state index < -0.39 is 0 Å². The largest absolute Gasteiger partial charge is 0.364 e. The lowest BCUT2D eigenvalue weighted by atomic mass is 10.1. The summed E-state index contributed by atoms with van der Waals surface area (Å²) in [6.45, 7) is 2.61. The first-order valence-electron chi connectivity index (χ1n) is 6.81. The maximum absolute atomic E-state index is 5.76. The van der Waals surface area contributed by atoms with E-state index in [0.29, 0.717) is 18.4 Å². The number of anilines is 1. The second-order valence-electron chi connectivity index (χ2n) is 5.04. The molecule has 1 aromatic rings. The Balaban J connectivity index is 1.66. The van der Waals surface area contributed by atoms with Crippen LogP contribution in [0.1, 0.15) is 44.1 Å². The van der Waals surface area contributed by atoms with Crippen LogP contribution >= 0.6 is 0 Å². The molecule has 6 heteroatoms. The summed E-state index contributed by atoms with van der Waals surface area (Å²) >= 11 is 0. The van der Waals surface area contributed by atoms with Crippen molar-refractivity contribution in [1.82, 2.24) is 10.1 Å². The van der Waals surface area contributed by atoms with Crippen molar-refractivity contribution < 1.29 is 9.26 Å². The summed E-state index contributed by atoms with van der Waals surface area (Å²) in [4.78, 5) is 6.65. The van der Waals surface area contributed by atoms with Crippen LogP contribution in [0.2, 0.25) is 0 Å². The summed E-state index contributed by atoms with van der Waals surface area (Å²) in [6, 6.07) is 0. The van der Waals surface area contributed by atoms with E-state index in [0.717, 1.165) is 25.9 Å². The van der Waals surface area contributed by atoms with E-state index in [1.165, 1.54) is 19.3 Å². The molecule has 0 aliphatic carbocycles. The lowest BCUT2D eigenvalue weighted by Gasteiger charge is -2.24. The molecule has 2 saturated heterocycles. The monoisotopic (exact) mass is 252 g/mol. The summed E-state index contributed by atoms with van der Waals surface area (Å²) in [7, 11) is 0. The lowest BCUT2D eigenvalue weighted by molar-refractivity contribution is 0.0307. The van der Waals surface area contributed by atoms with Crippen LogP contribution < -0.4 is 10.6 Å². The van der Waals surface area contributed by atoms with Gasteiger partial charge in [0, 0.05) is 19.6 Å². The van der Waals surface area contributed by atoms with E-state index >= 15 is 0 Å². The summed E-state index contributed by atoms with van der Waals surface area (Å²) in [5.41, 5.74) is 5.60. The smallest absolute Gasteiger partial charge is 0.266 e. The fourth-order valence-corrected chi connectivity index (χ4v) is 2.64. The Kier molecular flexibility index (Phi) is 3.47. The molecule has 0 amide bonds. The third kappa shape index (κ3) is 2.35. The Morgan fingerprint density at radius 3 is 2.78 bits per heavy atom. The zero-order valence-electron chi connectivity index (χ0n) is 10.5. The molecule has 2 unspecified atom stereocenters. The zero-order valence-corrected chi connectivity index (χ0v) is 10.5. The van der Waals surface area contributed by atoms with Gasteiger partial charge < -0.3 is 19.9 Å². The molecular weight excluding hydrogens is 232 g/mol. The number of hydrogen-bond acceptors (Lipinski definition) is 6. The maximum Gasteiger partial charge on any atom is 0.266 e. The van der Waals surface area contributed by atoms with Gasteiger partial charge in [-0.05, 0) is 37.3 Å². The second-order valence-corrected chi connectivity index (χ2v) is 5.04. The summed E-state index contributed by atoms with van der Waals surface area (Å²) in [5.74, 6) is 1.32. The molecule has 0 saturated carbocycles. The van der Waals surface area contributed by atoms with Crippen LogP contribution in [0.25, 0.3) is 0 Å². The van der Waals surface area contributed by atoms with Gasteiger partial charge in [0.15, 0.2) is 0 Å². The van der Waals surface area contributed by atoms with Gasteiger partial charge in [0.05, 0.1) is 6.10 Å². The molecular formula is C12H20N4O2. The van der Waals surface area contributed by atoms with Gasteiger partial charge in [-0.25, -0.2) is 0 Å². The van der Waals surface area contributed by atoms with Gasteiger partial charge in [0.25, 0.3) is 11.8 Å². The summed E-state index contributed by atoms with van der Waals surface area (Å²) in [6.07, 6.45) is 5.68. The first kappa shape index (κ1) is 11.9. The molecule has 100 valence electrons. The maximum atomic E-state index is 5.76. The fraction of sp³-hybridized carbons (Fsp3) is 0.833. The van der Waals surface area contributed by atoms with Crippen LogP contribution in [0.3, 0.4) is 0 Å². The third-order valence-corrected chi connectivity index (χ3v) is 3.72. The Labute approximate surface area is 106 Å². The van der Waals surface area contributed by atoms with Crippen LogP contribution in [0.5, 0.6) is 0 Å². The van der Waals surface area contributed by atoms with Crippen molar-refractivity contribution in [2.75, 3.05) is 24.5 Å². The Morgan fingerprint density at radius 2 is 2.06 bits per heavy atom. The fourth-order valence-electron chi connectivity index (χ4n) is 2.64. The van der Waals surface area contributed by atoms with Crippen molar-refractivity contribution in [2.24, 2.45) is 5.73 Å². The van der Waals surface area contributed by atoms with E-state index in [-0.39, 0.29) is 12.2 Å². The average Bonchev–Trinajstić information content (AvgIpc) is 3.08. The second kappa shape index (κ2) is 5.24. The molecule has 0 aromatic carbocycles. The molecule has 18 heavy (non-hydrogen) atoms. The quantitative estimate of drug-likeness (QED) is 0.872. The first-order valence-corrected chi connectivity index (χ1v) is 6.81. The van der Waals surface area contributed by atoms with E-state index in [1.54, 1.807) is 0 Å². The Morgan fingerprint density at radius 1 is 1.22 bits per heavy atom. The minimum atomic E-state index is -0.0652. The van der Waals surface area contributed by atoms with Crippen molar-refractivity contribution in [3.8, 4) is 0 Å². The highest BCUT2D eigenvalue weighted by atomic mass is 16.5. The first-order chi connectivity index (χ1) is 8.86. The SMILES string of the molecule is NCC1CCC(c2nc(N3CCCCC3)no2)O1. The molecule has 2 fully saturated rings. The number of ether oxygens (including phenoxy) is 1. The molecule has 2 atom stereocenters. The number of nitrogens with two attached hydrogens (primary N) is 1. The average molecular weight is 252 g/mol. The molecule has 3 rings (SSSR count).